The van der Waals surface area contributed by atoms with Crippen molar-refractivity contribution in [2.75, 3.05) is 25.2 Å². The Bertz CT molecular complexity index is 479. The molecule has 1 aliphatic carbocycles. The third-order valence-corrected chi connectivity index (χ3v) is 4.57. The predicted molar refractivity (Wildman–Crippen MR) is 72.7 cm³/mol. The first-order valence-electron chi connectivity index (χ1n) is 6.62. The fourth-order valence-corrected chi connectivity index (χ4v) is 3.43. The molecule has 1 saturated carbocycles. The van der Waals surface area contributed by atoms with E-state index in [1.807, 2.05) is 0 Å². The summed E-state index contributed by atoms with van der Waals surface area (Å²) in [6.07, 6.45) is 4.82. The topological polar surface area (TPSA) is 58.5 Å². The highest BCUT2D eigenvalue weighted by Crippen LogP contribution is 2.51. The predicted octanol–water partition coefficient (Wildman–Crippen LogP) is 1.88. The number of hydrogen-bond donors (Lipinski definition) is 1. The highest BCUT2D eigenvalue weighted by molar-refractivity contribution is 6.29. The van der Waals surface area contributed by atoms with Crippen molar-refractivity contribution in [3.8, 4) is 6.01 Å². The molecule has 0 amide bonds. The third kappa shape index (κ3) is 2.25. The van der Waals surface area contributed by atoms with E-state index in [9.17, 15) is 5.11 Å². The summed E-state index contributed by atoms with van der Waals surface area (Å²) >= 11 is 6.00. The lowest BCUT2D eigenvalue weighted by atomic mass is 9.67. The van der Waals surface area contributed by atoms with Crippen LogP contribution in [0.15, 0.2) is 6.07 Å². The van der Waals surface area contributed by atoms with Gasteiger partial charge in [0.15, 0.2) is 0 Å². The van der Waals surface area contributed by atoms with Crippen LogP contribution in [0.4, 0.5) is 5.82 Å². The van der Waals surface area contributed by atoms with Gasteiger partial charge in [-0.3, -0.25) is 0 Å². The van der Waals surface area contributed by atoms with Gasteiger partial charge in [-0.05, 0) is 24.7 Å². The van der Waals surface area contributed by atoms with Crippen molar-refractivity contribution in [3.63, 3.8) is 0 Å². The molecule has 2 fully saturated rings. The lowest BCUT2D eigenvalue weighted by Crippen LogP contribution is -2.35. The molecule has 1 saturated heterocycles. The summed E-state index contributed by atoms with van der Waals surface area (Å²) in [7, 11) is 1.52. The molecular weight excluding hydrogens is 266 g/mol. The normalized spacial score (nSPS) is 24.6. The minimum absolute atomic E-state index is 0.121. The van der Waals surface area contributed by atoms with Crippen molar-refractivity contribution in [1.29, 1.82) is 0 Å². The number of aromatic nitrogens is 2. The van der Waals surface area contributed by atoms with Crippen molar-refractivity contribution in [2.24, 2.45) is 5.41 Å². The Morgan fingerprint density at radius 1 is 1.53 bits per heavy atom. The molecule has 5 nitrogen and oxygen atoms in total. The number of methoxy groups -OCH3 is 1. The zero-order valence-corrected chi connectivity index (χ0v) is 11.7. The van der Waals surface area contributed by atoms with Gasteiger partial charge in [-0.25, -0.2) is 0 Å². The van der Waals surface area contributed by atoms with Crippen LogP contribution in [-0.4, -0.2) is 41.4 Å². The molecule has 1 aliphatic heterocycles. The van der Waals surface area contributed by atoms with E-state index in [-0.39, 0.29) is 18.7 Å². The Morgan fingerprint density at radius 3 is 2.89 bits per heavy atom. The van der Waals surface area contributed by atoms with Crippen LogP contribution in [0.2, 0.25) is 5.15 Å². The molecule has 2 aliphatic rings. The SMILES string of the molecule is COc1nc(Cl)cc(N2CC3(CCC3)CC2CO)n1. The average Bonchev–Trinajstić information content (AvgIpc) is 2.78. The molecule has 6 heteroatoms. The van der Waals surface area contributed by atoms with Crippen LogP contribution < -0.4 is 9.64 Å². The standard InChI is InChI=1S/C13H18ClN3O2/c1-19-12-15-10(14)5-11(16-12)17-8-13(3-2-4-13)6-9(17)7-18/h5,9,18H,2-4,6-8H2,1H3. The summed E-state index contributed by atoms with van der Waals surface area (Å²) in [5, 5.41) is 9.96. The maximum Gasteiger partial charge on any atom is 0.319 e. The van der Waals surface area contributed by atoms with Crippen molar-refractivity contribution in [2.45, 2.75) is 31.7 Å². The second-order valence-electron chi connectivity index (χ2n) is 5.56. The second-order valence-corrected chi connectivity index (χ2v) is 5.94. The van der Waals surface area contributed by atoms with Gasteiger partial charge in [0.2, 0.25) is 0 Å². The van der Waals surface area contributed by atoms with Crippen LogP contribution in [0.3, 0.4) is 0 Å². The van der Waals surface area contributed by atoms with Crippen molar-refractivity contribution in [3.05, 3.63) is 11.2 Å². The largest absolute Gasteiger partial charge is 0.467 e. The number of hydrogen-bond acceptors (Lipinski definition) is 5. The van der Waals surface area contributed by atoms with E-state index in [2.05, 4.69) is 14.9 Å². The first kappa shape index (κ1) is 12.9. The molecule has 2 heterocycles. The molecule has 1 aromatic heterocycles. The number of ether oxygens (including phenoxy) is 1. The van der Waals surface area contributed by atoms with E-state index in [4.69, 9.17) is 16.3 Å². The van der Waals surface area contributed by atoms with Crippen LogP contribution >= 0.6 is 11.6 Å². The minimum atomic E-state index is 0.121. The van der Waals surface area contributed by atoms with Crippen LogP contribution in [0.1, 0.15) is 25.7 Å². The lowest BCUT2D eigenvalue weighted by Gasteiger charge is -2.38. The molecule has 0 aromatic carbocycles. The first-order chi connectivity index (χ1) is 9.15. The van der Waals surface area contributed by atoms with Crippen molar-refractivity contribution >= 4 is 17.4 Å². The number of halogens is 1. The quantitative estimate of drug-likeness (QED) is 0.859. The van der Waals surface area contributed by atoms with Gasteiger partial charge in [0.05, 0.1) is 19.8 Å². The number of nitrogens with zero attached hydrogens (tertiary/aromatic N) is 3. The summed E-state index contributed by atoms with van der Waals surface area (Å²) in [6.45, 7) is 1.08. The molecule has 1 unspecified atom stereocenters. The Hall–Kier alpha value is -1.07. The molecule has 1 N–H and O–H groups in total. The molecule has 19 heavy (non-hydrogen) atoms. The molecule has 1 spiro atoms. The van der Waals surface area contributed by atoms with E-state index in [1.54, 1.807) is 6.07 Å². The zero-order chi connectivity index (χ0) is 13.5. The van der Waals surface area contributed by atoms with Gasteiger partial charge >= 0.3 is 6.01 Å². The summed E-state index contributed by atoms with van der Waals surface area (Å²) in [4.78, 5) is 10.5. The van der Waals surface area contributed by atoms with Gasteiger partial charge in [-0.1, -0.05) is 18.0 Å². The Labute approximate surface area is 117 Å². The fourth-order valence-electron chi connectivity index (χ4n) is 3.26. The lowest BCUT2D eigenvalue weighted by molar-refractivity contribution is 0.151. The summed E-state index contributed by atoms with van der Waals surface area (Å²) in [5.41, 5.74) is 0.373. The first-order valence-corrected chi connectivity index (χ1v) is 7.00. The van der Waals surface area contributed by atoms with E-state index >= 15 is 0 Å². The van der Waals surface area contributed by atoms with Crippen LogP contribution in [0.25, 0.3) is 0 Å². The Balaban J connectivity index is 1.89. The van der Waals surface area contributed by atoms with E-state index in [0.29, 0.717) is 10.6 Å². The van der Waals surface area contributed by atoms with Gasteiger partial charge in [0, 0.05) is 12.6 Å². The van der Waals surface area contributed by atoms with Crippen LogP contribution in [0.5, 0.6) is 6.01 Å². The zero-order valence-electron chi connectivity index (χ0n) is 11.0. The summed E-state index contributed by atoms with van der Waals surface area (Å²) < 4.78 is 5.06. The Kier molecular flexibility index (Phi) is 3.27. The fraction of sp³-hybridized carbons (Fsp3) is 0.692. The molecular formula is C13H18ClN3O2. The van der Waals surface area contributed by atoms with Crippen LogP contribution in [0, 0.1) is 5.41 Å². The highest BCUT2D eigenvalue weighted by atomic mass is 35.5. The summed E-state index contributed by atoms with van der Waals surface area (Å²) in [6, 6.07) is 2.13. The number of aliphatic hydroxyl groups is 1. The minimum Gasteiger partial charge on any atom is -0.467 e. The number of anilines is 1. The van der Waals surface area contributed by atoms with Crippen molar-refractivity contribution in [1.82, 2.24) is 9.97 Å². The molecule has 1 atom stereocenters. The number of aliphatic hydroxyl groups excluding tert-OH is 1. The van der Waals surface area contributed by atoms with Crippen LogP contribution in [-0.2, 0) is 0 Å². The molecule has 104 valence electrons. The second kappa shape index (κ2) is 4.80. The van der Waals surface area contributed by atoms with Gasteiger partial charge < -0.3 is 14.7 Å². The molecule has 0 radical (unpaired) electrons. The van der Waals surface area contributed by atoms with Gasteiger partial charge in [0.1, 0.15) is 11.0 Å². The molecule has 0 bridgehead atoms. The summed E-state index contributed by atoms with van der Waals surface area (Å²) in [5.74, 6) is 0.750. The smallest absolute Gasteiger partial charge is 0.319 e. The van der Waals surface area contributed by atoms with E-state index in [0.717, 1.165) is 18.8 Å². The maximum absolute atomic E-state index is 9.60. The van der Waals surface area contributed by atoms with Gasteiger partial charge in [0.25, 0.3) is 0 Å². The average molecular weight is 284 g/mol. The molecule has 3 rings (SSSR count). The van der Waals surface area contributed by atoms with E-state index < -0.39 is 0 Å². The Morgan fingerprint density at radius 2 is 2.32 bits per heavy atom. The maximum atomic E-state index is 9.60. The monoisotopic (exact) mass is 283 g/mol. The highest BCUT2D eigenvalue weighted by Gasteiger charge is 2.47. The van der Waals surface area contributed by atoms with Gasteiger partial charge in [-0.2, -0.15) is 9.97 Å². The molecule has 1 aromatic rings. The third-order valence-electron chi connectivity index (χ3n) is 4.38. The number of rotatable bonds is 3. The van der Waals surface area contributed by atoms with Gasteiger partial charge in [-0.15, -0.1) is 0 Å². The van der Waals surface area contributed by atoms with Crippen molar-refractivity contribution < 1.29 is 9.84 Å². The van der Waals surface area contributed by atoms with E-state index in [1.165, 1.54) is 26.4 Å².